The highest BCUT2D eigenvalue weighted by Crippen LogP contribution is 2.30. The fourth-order valence-electron chi connectivity index (χ4n) is 4.53. The molecule has 0 N–H and O–H groups in total. The summed E-state index contributed by atoms with van der Waals surface area (Å²) in [6.45, 7) is 9.43. The Balaban J connectivity index is 1.36. The summed E-state index contributed by atoms with van der Waals surface area (Å²) in [7, 11) is 0. The van der Waals surface area contributed by atoms with E-state index in [1.807, 2.05) is 10.6 Å². The van der Waals surface area contributed by atoms with E-state index in [1.54, 1.807) is 0 Å². The molecule has 31 heavy (non-hydrogen) atoms. The van der Waals surface area contributed by atoms with Crippen molar-refractivity contribution in [1.29, 1.82) is 0 Å². The normalized spacial score (nSPS) is 15.0. The molecular weight excluding hydrogens is 382 g/mol. The average molecular weight is 412 g/mol. The summed E-state index contributed by atoms with van der Waals surface area (Å²) in [5.74, 6) is 1.15. The molecule has 0 atom stereocenters. The molecule has 0 aliphatic carbocycles. The van der Waals surface area contributed by atoms with Gasteiger partial charge in [-0.2, -0.15) is 9.61 Å². The first-order valence-electron chi connectivity index (χ1n) is 11.1. The smallest absolute Gasteiger partial charge is 0.165 e. The molecule has 0 unspecified atom stereocenters. The molecule has 4 aromatic rings. The third-order valence-electron chi connectivity index (χ3n) is 6.19. The molecule has 1 aliphatic heterocycles. The quantitative estimate of drug-likeness (QED) is 0.488. The molecular formula is C26H29N5. The van der Waals surface area contributed by atoms with Gasteiger partial charge in [0.05, 0.1) is 5.69 Å². The molecule has 3 heterocycles. The number of hydrogen-bond acceptors (Lipinski definition) is 4. The van der Waals surface area contributed by atoms with Crippen molar-refractivity contribution in [2.45, 2.75) is 20.3 Å². The van der Waals surface area contributed by atoms with Gasteiger partial charge >= 0.3 is 0 Å². The maximum atomic E-state index is 4.90. The topological polar surface area (TPSA) is 36.7 Å². The van der Waals surface area contributed by atoms with Crippen LogP contribution >= 0.6 is 0 Å². The molecule has 0 saturated carbocycles. The molecule has 1 saturated heterocycles. The van der Waals surface area contributed by atoms with E-state index in [1.165, 1.54) is 11.1 Å². The molecule has 5 rings (SSSR count). The predicted octanol–water partition coefficient (Wildman–Crippen LogP) is 4.38. The second-order valence-electron chi connectivity index (χ2n) is 8.38. The van der Waals surface area contributed by atoms with Crippen LogP contribution in [0.15, 0.2) is 66.7 Å². The summed E-state index contributed by atoms with van der Waals surface area (Å²) in [4.78, 5) is 9.90. The van der Waals surface area contributed by atoms with Crippen molar-refractivity contribution < 1.29 is 0 Å². The Bertz CT molecular complexity index is 1160. The van der Waals surface area contributed by atoms with Crippen molar-refractivity contribution in [2.24, 2.45) is 0 Å². The molecule has 5 nitrogen and oxygen atoms in total. The highest BCUT2D eigenvalue weighted by molar-refractivity contribution is 5.81. The molecule has 0 amide bonds. The lowest BCUT2D eigenvalue weighted by atomic mass is 10.1. The lowest BCUT2D eigenvalue weighted by Gasteiger charge is -2.36. The minimum atomic E-state index is 0.949. The summed E-state index contributed by atoms with van der Waals surface area (Å²) >= 11 is 0. The van der Waals surface area contributed by atoms with Crippen molar-refractivity contribution in [3.05, 3.63) is 83.7 Å². The van der Waals surface area contributed by atoms with Crippen LogP contribution in [0.4, 0.5) is 5.82 Å². The second-order valence-corrected chi connectivity index (χ2v) is 8.38. The van der Waals surface area contributed by atoms with Crippen molar-refractivity contribution in [2.75, 3.05) is 37.6 Å². The number of anilines is 1. The summed E-state index contributed by atoms with van der Waals surface area (Å²) in [5.41, 5.74) is 6.72. The Morgan fingerprint density at radius 2 is 1.52 bits per heavy atom. The van der Waals surface area contributed by atoms with E-state index in [2.05, 4.69) is 84.3 Å². The fourth-order valence-corrected chi connectivity index (χ4v) is 4.53. The van der Waals surface area contributed by atoms with Crippen LogP contribution in [0.3, 0.4) is 0 Å². The van der Waals surface area contributed by atoms with E-state index in [0.29, 0.717) is 0 Å². The number of aryl methyl sites for hydroxylation is 2. The largest absolute Gasteiger partial charge is 0.354 e. The van der Waals surface area contributed by atoms with Crippen LogP contribution in [0, 0.1) is 13.8 Å². The van der Waals surface area contributed by atoms with Gasteiger partial charge in [-0.05, 0) is 31.4 Å². The fraction of sp³-hybridized carbons (Fsp3) is 0.308. The second kappa shape index (κ2) is 8.52. The minimum Gasteiger partial charge on any atom is -0.354 e. The van der Waals surface area contributed by atoms with Crippen LogP contribution in [-0.4, -0.2) is 52.2 Å². The van der Waals surface area contributed by atoms with Gasteiger partial charge < -0.3 is 4.90 Å². The van der Waals surface area contributed by atoms with Gasteiger partial charge in [0.1, 0.15) is 5.82 Å². The molecule has 2 aromatic heterocycles. The first kappa shape index (κ1) is 19.8. The van der Waals surface area contributed by atoms with E-state index in [0.717, 1.165) is 67.6 Å². The molecule has 0 bridgehead atoms. The third kappa shape index (κ3) is 4.06. The zero-order chi connectivity index (χ0) is 21.2. The zero-order valence-electron chi connectivity index (χ0n) is 18.3. The van der Waals surface area contributed by atoms with Gasteiger partial charge in [-0.25, -0.2) is 4.98 Å². The van der Waals surface area contributed by atoms with Crippen LogP contribution in [0.2, 0.25) is 0 Å². The lowest BCUT2D eigenvalue weighted by molar-refractivity contribution is 0.260. The van der Waals surface area contributed by atoms with Crippen molar-refractivity contribution in [1.82, 2.24) is 19.5 Å². The number of fused-ring (bicyclic) bond motifs is 1. The van der Waals surface area contributed by atoms with Crippen molar-refractivity contribution in [3.8, 4) is 11.1 Å². The molecule has 5 heteroatoms. The SMILES string of the molecule is Cc1cc(N2CCN(CCc3ccccc3)CC2)n2nc(C)c(-c3ccccc3)c2n1. The molecule has 0 radical (unpaired) electrons. The van der Waals surface area contributed by atoms with Gasteiger partial charge in [-0.15, -0.1) is 0 Å². The van der Waals surface area contributed by atoms with Gasteiger partial charge in [0.15, 0.2) is 5.65 Å². The predicted molar refractivity (Wildman–Crippen MR) is 127 cm³/mol. The van der Waals surface area contributed by atoms with Gasteiger partial charge in [0, 0.05) is 50.0 Å². The summed E-state index contributed by atoms with van der Waals surface area (Å²) in [6, 6.07) is 23.4. The number of nitrogens with zero attached hydrogens (tertiary/aromatic N) is 5. The van der Waals surface area contributed by atoms with Gasteiger partial charge in [0.25, 0.3) is 0 Å². The molecule has 1 aliphatic rings. The molecule has 0 spiro atoms. The first-order valence-corrected chi connectivity index (χ1v) is 11.1. The first-order chi connectivity index (χ1) is 15.2. The molecule has 1 fully saturated rings. The van der Waals surface area contributed by atoms with E-state index < -0.39 is 0 Å². The monoisotopic (exact) mass is 411 g/mol. The number of benzene rings is 2. The van der Waals surface area contributed by atoms with Crippen LogP contribution in [0.5, 0.6) is 0 Å². The third-order valence-corrected chi connectivity index (χ3v) is 6.19. The maximum Gasteiger partial charge on any atom is 0.165 e. The van der Waals surface area contributed by atoms with Crippen molar-refractivity contribution in [3.63, 3.8) is 0 Å². The van der Waals surface area contributed by atoms with Gasteiger partial charge in [-0.1, -0.05) is 60.7 Å². The zero-order valence-corrected chi connectivity index (χ0v) is 18.3. The summed E-state index contributed by atoms with van der Waals surface area (Å²) < 4.78 is 2.05. The Hall–Kier alpha value is -3.18. The standard InChI is InChI=1S/C26H29N5/c1-20-19-24(30-17-15-29(16-18-30)14-13-22-9-5-3-6-10-22)31-26(27-20)25(21(2)28-31)23-11-7-4-8-12-23/h3-12,19H,13-18H2,1-2H3. The lowest BCUT2D eigenvalue weighted by Crippen LogP contribution is -2.47. The van der Waals surface area contributed by atoms with E-state index in [9.17, 15) is 0 Å². The highest BCUT2D eigenvalue weighted by Gasteiger charge is 2.22. The maximum absolute atomic E-state index is 4.90. The number of hydrogen-bond donors (Lipinski definition) is 0. The number of aromatic nitrogens is 3. The van der Waals surface area contributed by atoms with E-state index in [-0.39, 0.29) is 0 Å². The molecule has 2 aromatic carbocycles. The Labute approximate surface area is 184 Å². The van der Waals surface area contributed by atoms with Crippen molar-refractivity contribution >= 4 is 11.5 Å². The van der Waals surface area contributed by atoms with Crippen LogP contribution in [0.1, 0.15) is 17.0 Å². The van der Waals surface area contributed by atoms with E-state index >= 15 is 0 Å². The minimum absolute atomic E-state index is 0.949. The van der Waals surface area contributed by atoms with Gasteiger partial charge in [0.2, 0.25) is 0 Å². The Kier molecular flexibility index (Phi) is 5.43. The summed E-state index contributed by atoms with van der Waals surface area (Å²) in [5, 5.41) is 4.90. The highest BCUT2D eigenvalue weighted by atomic mass is 15.4. The number of piperazine rings is 1. The number of rotatable bonds is 5. The Morgan fingerprint density at radius 3 is 2.23 bits per heavy atom. The summed E-state index contributed by atoms with van der Waals surface area (Å²) in [6.07, 6.45) is 1.11. The van der Waals surface area contributed by atoms with E-state index in [4.69, 9.17) is 10.1 Å². The Morgan fingerprint density at radius 1 is 0.839 bits per heavy atom. The van der Waals surface area contributed by atoms with Crippen LogP contribution in [-0.2, 0) is 6.42 Å². The molecule has 158 valence electrons. The average Bonchev–Trinajstić information content (AvgIpc) is 3.14. The van der Waals surface area contributed by atoms with Crippen LogP contribution < -0.4 is 4.90 Å². The van der Waals surface area contributed by atoms with Crippen LogP contribution in [0.25, 0.3) is 16.8 Å². The van der Waals surface area contributed by atoms with Gasteiger partial charge in [-0.3, -0.25) is 4.90 Å².